The van der Waals surface area contributed by atoms with Crippen LogP contribution < -0.4 is 18.9 Å². The van der Waals surface area contributed by atoms with Crippen molar-refractivity contribution in [2.24, 2.45) is 0 Å². The van der Waals surface area contributed by atoms with E-state index in [1.807, 2.05) is 30.3 Å². The maximum absolute atomic E-state index is 13.0. The number of carboxylic acids is 1. The molecule has 5 unspecified atom stereocenters. The molecule has 0 aliphatic carbocycles. The lowest BCUT2D eigenvalue weighted by Gasteiger charge is -2.40. The zero-order valence-corrected chi connectivity index (χ0v) is 23.7. The number of carboxylic acid groups (broad SMARTS) is 1. The Kier molecular flexibility index (Phi) is 10.3. The first-order valence-corrected chi connectivity index (χ1v) is 13.3. The summed E-state index contributed by atoms with van der Waals surface area (Å²) in [5.74, 6) is -4.24. The Morgan fingerprint density at radius 2 is 1.55 bits per heavy atom. The molecule has 1 heterocycles. The Hall–Kier alpha value is -4.76. The van der Waals surface area contributed by atoms with Gasteiger partial charge in [-0.05, 0) is 23.8 Å². The number of benzene rings is 3. The molecule has 1 fully saturated rings. The Balaban J connectivity index is 1.47. The number of esters is 1. The van der Waals surface area contributed by atoms with E-state index in [-0.39, 0.29) is 29.4 Å². The Morgan fingerprint density at radius 3 is 2.20 bits per heavy atom. The standard InChI is InChI=1S/C30H32O14/c1-39-19-12-16(28(36)37)8-9-18(19)43-30-26(35)25(34)23(32)21(44-30)14-42-29(38)17-13-20(40-2)24(33)27(22(17)31)41-11-10-15-6-4-3-5-7-15/h3-9,12-13,21,23,25-26,30-35H,10-11,14H2,1-2H3,(H,36,37). The summed E-state index contributed by atoms with van der Waals surface area (Å²) in [6, 6.07) is 14.0. The van der Waals surface area contributed by atoms with Gasteiger partial charge in [0.15, 0.2) is 23.0 Å². The summed E-state index contributed by atoms with van der Waals surface area (Å²) in [4.78, 5) is 24.3. The summed E-state index contributed by atoms with van der Waals surface area (Å²) in [5, 5.41) is 61.8. The predicted molar refractivity (Wildman–Crippen MR) is 150 cm³/mol. The summed E-state index contributed by atoms with van der Waals surface area (Å²) in [7, 11) is 2.50. The maximum Gasteiger partial charge on any atom is 0.342 e. The van der Waals surface area contributed by atoms with Gasteiger partial charge >= 0.3 is 11.9 Å². The SMILES string of the molecule is COc1cc(C(=O)O)ccc1OC1OC(COC(=O)c2cc(OC)c(O)c(OCCc3ccccc3)c2O)C(O)C(O)C1O. The van der Waals surface area contributed by atoms with Crippen LogP contribution in [0.25, 0.3) is 0 Å². The van der Waals surface area contributed by atoms with E-state index >= 15 is 0 Å². The van der Waals surface area contributed by atoms with Crippen LogP contribution >= 0.6 is 0 Å². The number of aliphatic hydroxyl groups excluding tert-OH is 3. The third-order valence-electron chi connectivity index (χ3n) is 6.81. The van der Waals surface area contributed by atoms with E-state index in [0.717, 1.165) is 11.6 Å². The van der Waals surface area contributed by atoms with Gasteiger partial charge in [0.25, 0.3) is 0 Å². The molecule has 1 saturated heterocycles. The second kappa shape index (κ2) is 14.1. The summed E-state index contributed by atoms with van der Waals surface area (Å²) < 4.78 is 32.3. The molecule has 3 aromatic carbocycles. The lowest BCUT2D eigenvalue weighted by molar-refractivity contribution is -0.277. The molecule has 0 spiro atoms. The number of aromatic hydroxyl groups is 2. The molecule has 4 rings (SSSR count). The lowest BCUT2D eigenvalue weighted by Crippen LogP contribution is -2.60. The van der Waals surface area contributed by atoms with E-state index in [1.165, 1.54) is 32.4 Å². The molecule has 14 heteroatoms. The van der Waals surface area contributed by atoms with Crippen molar-refractivity contribution in [2.45, 2.75) is 37.1 Å². The summed E-state index contributed by atoms with van der Waals surface area (Å²) in [6.07, 6.45) is -7.88. The van der Waals surface area contributed by atoms with Crippen LogP contribution in [0.4, 0.5) is 0 Å². The zero-order valence-electron chi connectivity index (χ0n) is 23.7. The third kappa shape index (κ3) is 7.06. The van der Waals surface area contributed by atoms with Crippen molar-refractivity contribution in [2.75, 3.05) is 27.4 Å². The normalized spacial score (nSPS) is 21.2. The first kappa shape index (κ1) is 32.2. The van der Waals surface area contributed by atoms with Crippen LogP contribution in [0.1, 0.15) is 26.3 Å². The number of methoxy groups -OCH3 is 2. The fourth-order valence-electron chi connectivity index (χ4n) is 4.39. The highest BCUT2D eigenvalue weighted by molar-refractivity contribution is 5.95. The van der Waals surface area contributed by atoms with Crippen LogP contribution in [-0.4, -0.2) is 101 Å². The van der Waals surface area contributed by atoms with Gasteiger partial charge in [-0.3, -0.25) is 0 Å². The van der Waals surface area contributed by atoms with E-state index in [1.54, 1.807) is 0 Å². The minimum Gasteiger partial charge on any atom is -0.504 e. The minimum absolute atomic E-state index is 0.0113. The average molecular weight is 617 g/mol. The number of ether oxygens (including phenoxy) is 6. The van der Waals surface area contributed by atoms with Gasteiger partial charge in [-0.1, -0.05) is 30.3 Å². The molecule has 1 aliphatic rings. The lowest BCUT2D eigenvalue weighted by atomic mass is 9.99. The number of hydrogen-bond donors (Lipinski definition) is 6. The zero-order chi connectivity index (χ0) is 32.0. The van der Waals surface area contributed by atoms with Gasteiger partial charge in [-0.2, -0.15) is 0 Å². The maximum atomic E-state index is 13.0. The van der Waals surface area contributed by atoms with Crippen LogP contribution in [-0.2, 0) is 15.9 Å². The van der Waals surface area contributed by atoms with Gasteiger partial charge in [-0.15, -0.1) is 0 Å². The molecule has 0 bridgehead atoms. The summed E-state index contributed by atoms with van der Waals surface area (Å²) in [5.41, 5.74) is 0.403. The van der Waals surface area contributed by atoms with Crippen molar-refractivity contribution in [3.63, 3.8) is 0 Å². The van der Waals surface area contributed by atoms with E-state index in [9.17, 15) is 40.2 Å². The molecule has 236 valence electrons. The number of phenolic OH excluding ortho intramolecular Hbond substituents is 2. The van der Waals surface area contributed by atoms with Crippen LogP contribution in [0.2, 0.25) is 0 Å². The topological polar surface area (TPSA) is 211 Å². The van der Waals surface area contributed by atoms with Crippen molar-refractivity contribution >= 4 is 11.9 Å². The first-order chi connectivity index (χ1) is 21.0. The van der Waals surface area contributed by atoms with E-state index < -0.39 is 72.1 Å². The quantitative estimate of drug-likeness (QED) is 0.159. The molecular weight excluding hydrogens is 584 g/mol. The predicted octanol–water partition coefficient (Wildman–Crippen LogP) is 1.48. The number of aromatic carboxylic acids is 1. The number of phenols is 2. The second-order valence-electron chi connectivity index (χ2n) is 9.64. The molecule has 0 amide bonds. The number of rotatable bonds is 12. The van der Waals surface area contributed by atoms with E-state index in [0.29, 0.717) is 6.42 Å². The molecule has 5 atom stereocenters. The van der Waals surface area contributed by atoms with Gasteiger partial charge in [0, 0.05) is 12.5 Å². The molecule has 0 radical (unpaired) electrons. The van der Waals surface area contributed by atoms with Gasteiger partial charge in [0.1, 0.15) is 36.6 Å². The fraction of sp³-hybridized carbons (Fsp3) is 0.333. The molecule has 44 heavy (non-hydrogen) atoms. The first-order valence-electron chi connectivity index (χ1n) is 13.3. The van der Waals surface area contributed by atoms with Crippen LogP contribution in [0.5, 0.6) is 34.5 Å². The van der Waals surface area contributed by atoms with Crippen molar-refractivity contribution in [1.29, 1.82) is 0 Å². The van der Waals surface area contributed by atoms with Crippen LogP contribution in [0.15, 0.2) is 54.6 Å². The Bertz CT molecular complexity index is 1460. The van der Waals surface area contributed by atoms with Crippen molar-refractivity contribution in [3.8, 4) is 34.5 Å². The number of aliphatic hydroxyl groups is 3. The van der Waals surface area contributed by atoms with Gasteiger partial charge in [0.05, 0.1) is 26.4 Å². The average Bonchev–Trinajstić information content (AvgIpc) is 3.02. The van der Waals surface area contributed by atoms with E-state index in [4.69, 9.17) is 28.4 Å². The molecule has 1 aliphatic heterocycles. The molecule has 0 saturated carbocycles. The number of carbonyl (C=O) groups excluding carboxylic acids is 1. The molecular formula is C30H32O14. The van der Waals surface area contributed by atoms with Crippen molar-refractivity contribution in [3.05, 3.63) is 71.3 Å². The van der Waals surface area contributed by atoms with Gasteiger partial charge < -0.3 is 59.1 Å². The summed E-state index contributed by atoms with van der Waals surface area (Å²) >= 11 is 0. The van der Waals surface area contributed by atoms with Crippen LogP contribution in [0, 0.1) is 0 Å². The molecule has 3 aromatic rings. The molecule has 6 N–H and O–H groups in total. The highest BCUT2D eigenvalue weighted by Gasteiger charge is 2.46. The highest BCUT2D eigenvalue weighted by atomic mass is 16.7. The highest BCUT2D eigenvalue weighted by Crippen LogP contribution is 2.45. The van der Waals surface area contributed by atoms with E-state index in [2.05, 4.69) is 0 Å². The molecule has 14 nitrogen and oxygen atoms in total. The largest absolute Gasteiger partial charge is 0.504 e. The van der Waals surface area contributed by atoms with Gasteiger partial charge in [0.2, 0.25) is 17.8 Å². The smallest absolute Gasteiger partial charge is 0.342 e. The monoisotopic (exact) mass is 616 g/mol. The van der Waals surface area contributed by atoms with Gasteiger partial charge in [-0.25, -0.2) is 9.59 Å². The Morgan fingerprint density at radius 1 is 0.841 bits per heavy atom. The Labute approximate surface area is 251 Å². The molecule has 0 aromatic heterocycles. The number of carbonyl (C=O) groups is 2. The fourth-order valence-corrected chi connectivity index (χ4v) is 4.39. The number of hydrogen-bond acceptors (Lipinski definition) is 13. The van der Waals surface area contributed by atoms with Crippen molar-refractivity contribution in [1.82, 2.24) is 0 Å². The second-order valence-corrected chi connectivity index (χ2v) is 9.64. The minimum atomic E-state index is -1.80. The third-order valence-corrected chi connectivity index (χ3v) is 6.81. The summed E-state index contributed by atoms with van der Waals surface area (Å²) in [6.45, 7) is -0.633. The van der Waals surface area contributed by atoms with Crippen LogP contribution in [0.3, 0.4) is 0 Å². The van der Waals surface area contributed by atoms with Crippen molar-refractivity contribution < 1.29 is 68.6 Å².